The Morgan fingerprint density at radius 1 is 0.265 bits per heavy atom. The Labute approximate surface area is 200 Å². The molecule has 0 N–H and O–H groups in total. The minimum atomic E-state index is 1.21. The number of benzene rings is 6. The summed E-state index contributed by atoms with van der Waals surface area (Å²) in [7, 11) is 0. The molecule has 0 saturated heterocycles. The fourth-order valence-electron chi connectivity index (χ4n) is 4.81. The number of rotatable bonds is 4. The van der Waals surface area contributed by atoms with Gasteiger partial charge in [0.05, 0.1) is 0 Å². The van der Waals surface area contributed by atoms with Gasteiger partial charge in [0.25, 0.3) is 0 Å². The highest BCUT2D eigenvalue weighted by Gasteiger charge is 2.17. The molecule has 0 spiro atoms. The molecule has 6 rings (SSSR count). The Balaban J connectivity index is 1.72. The summed E-state index contributed by atoms with van der Waals surface area (Å²) in [5.41, 5.74) is 7.35. The molecular formula is C34H24. The first-order chi connectivity index (χ1) is 16.9. The van der Waals surface area contributed by atoms with Gasteiger partial charge in [-0.3, -0.25) is 0 Å². The van der Waals surface area contributed by atoms with E-state index in [4.69, 9.17) is 0 Å². The van der Waals surface area contributed by atoms with E-state index in [2.05, 4.69) is 146 Å². The van der Waals surface area contributed by atoms with E-state index in [-0.39, 0.29) is 0 Å². The van der Waals surface area contributed by atoms with Crippen molar-refractivity contribution in [3.63, 3.8) is 0 Å². The molecule has 0 aliphatic heterocycles. The summed E-state index contributed by atoms with van der Waals surface area (Å²) in [6.07, 6.45) is 0. The van der Waals surface area contributed by atoms with Crippen LogP contribution in [0.2, 0.25) is 0 Å². The summed E-state index contributed by atoms with van der Waals surface area (Å²) in [5.74, 6) is 0. The Morgan fingerprint density at radius 3 is 1.03 bits per heavy atom. The molecule has 0 heteroatoms. The first-order valence-corrected chi connectivity index (χ1v) is 11.7. The lowest BCUT2D eigenvalue weighted by Gasteiger charge is -2.19. The van der Waals surface area contributed by atoms with Crippen molar-refractivity contribution in [1.29, 1.82) is 0 Å². The van der Waals surface area contributed by atoms with Crippen molar-refractivity contribution in [2.45, 2.75) is 0 Å². The number of hydrogen-bond donors (Lipinski definition) is 0. The summed E-state index contributed by atoms with van der Waals surface area (Å²) < 4.78 is 0. The lowest BCUT2D eigenvalue weighted by molar-refractivity contribution is 1.52. The third-order valence-corrected chi connectivity index (χ3v) is 6.45. The maximum absolute atomic E-state index is 2.32. The Morgan fingerprint density at radius 2 is 0.618 bits per heavy atom. The summed E-state index contributed by atoms with van der Waals surface area (Å²) >= 11 is 0. The average Bonchev–Trinajstić information content (AvgIpc) is 2.92. The normalized spacial score (nSPS) is 12.0. The van der Waals surface area contributed by atoms with Gasteiger partial charge in [0, 0.05) is 0 Å². The Bertz CT molecular complexity index is 1500. The minimum Gasteiger partial charge on any atom is -0.0622 e. The van der Waals surface area contributed by atoms with Gasteiger partial charge in [-0.2, -0.15) is 0 Å². The van der Waals surface area contributed by atoms with Gasteiger partial charge in [0.1, 0.15) is 0 Å². The molecule has 0 heterocycles. The number of hydrogen-bond acceptors (Lipinski definition) is 0. The zero-order chi connectivity index (χ0) is 22.7. The Hall–Kier alpha value is -4.42. The first-order valence-electron chi connectivity index (χ1n) is 11.7. The van der Waals surface area contributed by atoms with Gasteiger partial charge in [-0.25, -0.2) is 0 Å². The largest absolute Gasteiger partial charge is 0.0622 e. The van der Waals surface area contributed by atoms with Gasteiger partial charge in [-0.1, -0.05) is 133 Å². The summed E-state index contributed by atoms with van der Waals surface area (Å²) in [4.78, 5) is 0. The molecule has 0 amide bonds. The third-order valence-electron chi connectivity index (χ3n) is 6.45. The lowest BCUT2D eigenvalue weighted by Crippen LogP contribution is -1.97. The van der Waals surface area contributed by atoms with E-state index in [0.717, 1.165) is 0 Å². The van der Waals surface area contributed by atoms with Crippen LogP contribution in [0.25, 0.3) is 32.7 Å². The van der Waals surface area contributed by atoms with Gasteiger partial charge in [-0.15, -0.1) is 0 Å². The maximum atomic E-state index is 2.32. The van der Waals surface area contributed by atoms with Crippen molar-refractivity contribution in [2.75, 3.05) is 0 Å². The van der Waals surface area contributed by atoms with Crippen molar-refractivity contribution in [1.82, 2.24) is 0 Å². The highest BCUT2D eigenvalue weighted by Crippen LogP contribution is 2.38. The van der Waals surface area contributed by atoms with Crippen LogP contribution < -0.4 is 0 Å². The second-order valence-electron chi connectivity index (χ2n) is 8.61. The van der Waals surface area contributed by atoms with Crippen LogP contribution in [-0.4, -0.2) is 0 Å². The standard InChI is InChI=1S/C34H24/c1-3-13-27(14-4-1)33(31-21-19-25-11-7-9-17-29(25)23-31)34(28-15-5-2-6-16-28)32-22-20-26-12-8-10-18-30(26)24-32/h1-24H. The number of fused-ring (bicyclic) bond motifs is 2. The van der Waals surface area contributed by atoms with Crippen LogP contribution in [0, 0.1) is 0 Å². The predicted molar refractivity (Wildman–Crippen MR) is 146 cm³/mol. The highest BCUT2D eigenvalue weighted by atomic mass is 14.2. The molecule has 0 saturated carbocycles. The zero-order valence-electron chi connectivity index (χ0n) is 18.9. The summed E-state index contributed by atoms with van der Waals surface area (Å²) in [6.45, 7) is 0. The van der Waals surface area contributed by atoms with Crippen molar-refractivity contribution < 1.29 is 0 Å². The van der Waals surface area contributed by atoms with Crippen LogP contribution in [0.3, 0.4) is 0 Å². The van der Waals surface area contributed by atoms with E-state index in [1.54, 1.807) is 0 Å². The molecule has 0 nitrogen and oxygen atoms in total. The van der Waals surface area contributed by atoms with E-state index in [1.165, 1.54) is 54.9 Å². The second-order valence-corrected chi connectivity index (χ2v) is 8.61. The van der Waals surface area contributed by atoms with Crippen molar-refractivity contribution in [2.24, 2.45) is 0 Å². The molecule has 34 heavy (non-hydrogen) atoms. The topological polar surface area (TPSA) is 0 Å². The van der Waals surface area contributed by atoms with E-state index in [9.17, 15) is 0 Å². The summed E-state index contributed by atoms with van der Waals surface area (Å²) in [5, 5.41) is 5.01. The lowest BCUT2D eigenvalue weighted by atomic mass is 9.84. The first kappa shape index (κ1) is 20.2. The monoisotopic (exact) mass is 432 g/mol. The smallest absolute Gasteiger partial charge is 0.00266 e. The van der Waals surface area contributed by atoms with Crippen LogP contribution >= 0.6 is 0 Å². The molecule has 6 aromatic rings. The molecule has 0 aliphatic carbocycles. The molecule has 0 unspecified atom stereocenters. The predicted octanol–water partition coefficient (Wildman–Crippen LogP) is 9.00. The van der Waals surface area contributed by atoms with Crippen LogP contribution in [0.1, 0.15) is 22.3 Å². The molecule has 0 atom stereocenters. The van der Waals surface area contributed by atoms with E-state index in [1.807, 2.05) is 0 Å². The molecule has 0 aromatic heterocycles. The van der Waals surface area contributed by atoms with Crippen LogP contribution in [-0.2, 0) is 0 Å². The summed E-state index contributed by atoms with van der Waals surface area (Å²) in [6, 6.07) is 52.3. The molecule has 0 aliphatic rings. The molecule has 6 aromatic carbocycles. The molecule has 0 radical (unpaired) electrons. The van der Waals surface area contributed by atoms with Gasteiger partial charge in [-0.05, 0) is 67.1 Å². The fraction of sp³-hybridized carbons (Fsp3) is 0. The van der Waals surface area contributed by atoms with Crippen molar-refractivity contribution in [3.8, 4) is 0 Å². The van der Waals surface area contributed by atoms with Gasteiger partial charge >= 0.3 is 0 Å². The van der Waals surface area contributed by atoms with Crippen molar-refractivity contribution >= 4 is 32.7 Å². The third kappa shape index (κ3) is 3.80. The maximum Gasteiger partial charge on any atom is -0.00266 e. The van der Waals surface area contributed by atoms with Gasteiger partial charge in [0.15, 0.2) is 0 Å². The van der Waals surface area contributed by atoms with Crippen LogP contribution in [0.15, 0.2) is 146 Å². The minimum absolute atomic E-state index is 1.21. The SMILES string of the molecule is c1ccc(C(=C(c2ccccc2)c2ccc3ccccc3c2)c2ccc3ccccc3c2)cc1. The second kappa shape index (κ2) is 8.84. The van der Waals surface area contributed by atoms with Gasteiger partial charge < -0.3 is 0 Å². The average molecular weight is 433 g/mol. The van der Waals surface area contributed by atoms with E-state index in [0.29, 0.717) is 0 Å². The zero-order valence-corrected chi connectivity index (χ0v) is 18.9. The van der Waals surface area contributed by atoms with Crippen LogP contribution in [0.5, 0.6) is 0 Å². The molecule has 0 fully saturated rings. The van der Waals surface area contributed by atoms with E-state index >= 15 is 0 Å². The molecule has 0 bridgehead atoms. The molecule has 160 valence electrons. The van der Waals surface area contributed by atoms with E-state index < -0.39 is 0 Å². The Kier molecular flexibility index (Phi) is 5.26. The fourth-order valence-corrected chi connectivity index (χ4v) is 4.81. The van der Waals surface area contributed by atoms with Crippen LogP contribution in [0.4, 0.5) is 0 Å². The van der Waals surface area contributed by atoms with Crippen molar-refractivity contribution in [3.05, 3.63) is 168 Å². The molecular weight excluding hydrogens is 408 g/mol. The van der Waals surface area contributed by atoms with Gasteiger partial charge in [0.2, 0.25) is 0 Å². The quantitative estimate of drug-likeness (QED) is 0.244. The highest BCUT2D eigenvalue weighted by molar-refractivity contribution is 6.07.